The first-order chi connectivity index (χ1) is 9.92. The fourth-order valence-electron chi connectivity index (χ4n) is 1.83. The van der Waals surface area contributed by atoms with Crippen molar-refractivity contribution in [2.45, 2.75) is 19.9 Å². The molecule has 2 heterocycles. The Morgan fingerprint density at radius 1 is 1.43 bits per heavy atom. The SMILES string of the molecule is COCC(NC(=O)c1nc2nc(C)cc(C)n2n1)C(=O)O. The lowest BCUT2D eigenvalue weighted by Crippen LogP contribution is -2.44. The maximum atomic E-state index is 12.0. The number of hydrogen-bond donors (Lipinski definition) is 2. The van der Waals surface area contributed by atoms with Crippen molar-refractivity contribution in [3.63, 3.8) is 0 Å². The number of aryl methyl sites for hydroxylation is 2. The van der Waals surface area contributed by atoms with Gasteiger partial charge in [0.05, 0.1) is 6.61 Å². The van der Waals surface area contributed by atoms with Crippen LogP contribution in [0.15, 0.2) is 6.07 Å². The third kappa shape index (κ3) is 3.14. The highest BCUT2D eigenvalue weighted by atomic mass is 16.5. The molecule has 9 nitrogen and oxygen atoms in total. The molecule has 0 aliphatic rings. The summed E-state index contributed by atoms with van der Waals surface area (Å²) < 4.78 is 6.17. The molecule has 2 rings (SSSR count). The zero-order valence-electron chi connectivity index (χ0n) is 11.8. The maximum Gasteiger partial charge on any atom is 0.328 e. The Balaban J connectivity index is 2.27. The summed E-state index contributed by atoms with van der Waals surface area (Å²) in [5.74, 6) is -1.74. The first kappa shape index (κ1) is 14.9. The average molecular weight is 293 g/mol. The molecular formula is C12H15N5O4. The van der Waals surface area contributed by atoms with Gasteiger partial charge in [-0.05, 0) is 19.9 Å². The van der Waals surface area contributed by atoms with Crippen molar-refractivity contribution >= 4 is 17.7 Å². The number of ether oxygens (including phenoxy) is 1. The lowest BCUT2D eigenvalue weighted by molar-refractivity contribution is -0.140. The van der Waals surface area contributed by atoms with Gasteiger partial charge >= 0.3 is 5.97 Å². The number of nitrogens with one attached hydrogen (secondary N) is 1. The molecule has 0 aliphatic carbocycles. The quantitative estimate of drug-likeness (QED) is 0.767. The van der Waals surface area contributed by atoms with Gasteiger partial charge in [-0.15, -0.1) is 5.10 Å². The van der Waals surface area contributed by atoms with E-state index in [1.807, 2.05) is 6.92 Å². The van der Waals surface area contributed by atoms with Crippen molar-refractivity contribution < 1.29 is 19.4 Å². The van der Waals surface area contributed by atoms with Crippen LogP contribution in [-0.4, -0.2) is 56.3 Å². The van der Waals surface area contributed by atoms with E-state index in [9.17, 15) is 9.59 Å². The van der Waals surface area contributed by atoms with E-state index >= 15 is 0 Å². The molecule has 1 unspecified atom stereocenters. The van der Waals surface area contributed by atoms with Crippen LogP contribution < -0.4 is 5.32 Å². The zero-order valence-corrected chi connectivity index (χ0v) is 11.8. The molecule has 0 radical (unpaired) electrons. The molecule has 0 fully saturated rings. The molecule has 9 heteroatoms. The monoisotopic (exact) mass is 293 g/mol. The van der Waals surface area contributed by atoms with E-state index in [2.05, 4.69) is 20.4 Å². The number of amides is 1. The predicted octanol–water partition coefficient (Wildman–Crippen LogP) is -0.429. The van der Waals surface area contributed by atoms with Crippen molar-refractivity contribution in [2.24, 2.45) is 0 Å². The number of fused-ring (bicyclic) bond motifs is 1. The number of methoxy groups -OCH3 is 1. The Morgan fingerprint density at radius 2 is 2.14 bits per heavy atom. The smallest absolute Gasteiger partial charge is 0.328 e. The third-order valence-electron chi connectivity index (χ3n) is 2.76. The van der Waals surface area contributed by atoms with Crippen LogP contribution in [-0.2, 0) is 9.53 Å². The summed E-state index contributed by atoms with van der Waals surface area (Å²) in [7, 11) is 1.35. The molecule has 0 spiro atoms. The van der Waals surface area contributed by atoms with Gasteiger partial charge in [0.2, 0.25) is 5.82 Å². The van der Waals surface area contributed by atoms with Crippen molar-refractivity contribution in [1.29, 1.82) is 0 Å². The number of carboxylic acids is 1. The minimum Gasteiger partial charge on any atom is -0.480 e. The van der Waals surface area contributed by atoms with Crippen LogP contribution in [0, 0.1) is 13.8 Å². The average Bonchev–Trinajstić information content (AvgIpc) is 2.82. The van der Waals surface area contributed by atoms with Crippen molar-refractivity contribution in [3.05, 3.63) is 23.3 Å². The molecule has 2 aromatic rings. The van der Waals surface area contributed by atoms with Crippen molar-refractivity contribution in [2.75, 3.05) is 13.7 Å². The fourth-order valence-corrected chi connectivity index (χ4v) is 1.83. The highest BCUT2D eigenvalue weighted by Crippen LogP contribution is 2.05. The molecule has 2 N–H and O–H groups in total. The molecule has 0 aromatic carbocycles. The Kier molecular flexibility index (Phi) is 4.13. The highest BCUT2D eigenvalue weighted by Gasteiger charge is 2.23. The van der Waals surface area contributed by atoms with Gasteiger partial charge in [0, 0.05) is 18.5 Å². The molecule has 1 atom stereocenters. The molecular weight excluding hydrogens is 278 g/mol. The fraction of sp³-hybridized carbons (Fsp3) is 0.417. The Hall–Kier alpha value is -2.55. The first-order valence-corrected chi connectivity index (χ1v) is 6.16. The Morgan fingerprint density at radius 3 is 2.76 bits per heavy atom. The van der Waals surface area contributed by atoms with Crippen LogP contribution in [0.1, 0.15) is 22.0 Å². The summed E-state index contributed by atoms with van der Waals surface area (Å²) in [4.78, 5) is 31.1. The van der Waals surface area contributed by atoms with E-state index in [1.54, 1.807) is 13.0 Å². The second-order valence-corrected chi connectivity index (χ2v) is 4.51. The number of rotatable bonds is 5. The second kappa shape index (κ2) is 5.83. The number of aliphatic carboxylic acids is 1. The molecule has 0 saturated carbocycles. The van der Waals surface area contributed by atoms with Gasteiger partial charge in [0.15, 0.2) is 6.04 Å². The summed E-state index contributed by atoms with van der Waals surface area (Å²) in [5.41, 5.74) is 1.53. The lowest BCUT2D eigenvalue weighted by atomic mass is 10.3. The van der Waals surface area contributed by atoms with Gasteiger partial charge in [-0.3, -0.25) is 4.79 Å². The summed E-state index contributed by atoms with van der Waals surface area (Å²) in [6, 6.07) is 0.638. The third-order valence-corrected chi connectivity index (χ3v) is 2.76. The number of aromatic nitrogens is 4. The van der Waals surface area contributed by atoms with Crippen LogP contribution >= 0.6 is 0 Å². The zero-order chi connectivity index (χ0) is 15.6. The first-order valence-electron chi connectivity index (χ1n) is 6.16. The van der Waals surface area contributed by atoms with E-state index in [-0.39, 0.29) is 18.2 Å². The molecule has 21 heavy (non-hydrogen) atoms. The van der Waals surface area contributed by atoms with E-state index in [4.69, 9.17) is 9.84 Å². The standard InChI is InChI=1S/C12H15N5O4/c1-6-4-7(2)17-12(13-6)15-9(16-17)10(18)14-8(5-21-3)11(19)20/h4,8H,5H2,1-3H3,(H,14,18)(H,19,20). The van der Waals surface area contributed by atoms with Gasteiger partial charge in [-0.1, -0.05) is 0 Å². The lowest BCUT2D eigenvalue weighted by Gasteiger charge is -2.11. The van der Waals surface area contributed by atoms with Crippen LogP contribution in [0.2, 0.25) is 0 Å². The van der Waals surface area contributed by atoms with Gasteiger partial charge < -0.3 is 15.2 Å². The molecule has 0 aliphatic heterocycles. The molecule has 0 saturated heterocycles. The van der Waals surface area contributed by atoms with Gasteiger partial charge in [0.1, 0.15) is 0 Å². The van der Waals surface area contributed by atoms with Crippen LogP contribution in [0.5, 0.6) is 0 Å². The summed E-state index contributed by atoms with van der Waals surface area (Å²) in [6.45, 7) is 3.47. The molecule has 1 amide bonds. The van der Waals surface area contributed by atoms with Gasteiger partial charge in [0.25, 0.3) is 11.7 Å². The molecule has 0 bridgehead atoms. The summed E-state index contributed by atoms with van der Waals surface area (Å²) in [6.07, 6.45) is 0. The van der Waals surface area contributed by atoms with E-state index < -0.39 is 17.9 Å². The maximum absolute atomic E-state index is 12.0. The molecule has 2 aromatic heterocycles. The Bertz CT molecular complexity index is 696. The van der Waals surface area contributed by atoms with Crippen LogP contribution in [0.4, 0.5) is 0 Å². The van der Waals surface area contributed by atoms with E-state index in [0.717, 1.165) is 11.4 Å². The highest BCUT2D eigenvalue weighted by molar-refractivity contribution is 5.93. The summed E-state index contributed by atoms with van der Waals surface area (Å²) >= 11 is 0. The Labute approximate surface area is 120 Å². The number of carbonyl (C=O) groups is 2. The summed E-state index contributed by atoms with van der Waals surface area (Å²) in [5, 5.41) is 15.3. The predicted molar refractivity (Wildman–Crippen MR) is 71.0 cm³/mol. The van der Waals surface area contributed by atoms with Crippen molar-refractivity contribution in [3.8, 4) is 0 Å². The number of carboxylic acid groups (broad SMARTS) is 1. The normalized spacial score (nSPS) is 12.3. The molecule has 112 valence electrons. The van der Waals surface area contributed by atoms with Crippen LogP contribution in [0.3, 0.4) is 0 Å². The van der Waals surface area contributed by atoms with Crippen molar-refractivity contribution in [1.82, 2.24) is 24.9 Å². The van der Waals surface area contributed by atoms with Gasteiger partial charge in [-0.2, -0.15) is 4.98 Å². The van der Waals surface area contributed by atoms with Gasteiger partial charge in [-0.25, -0.2) is 14.3 Å². The number of hydrogen-bond acceptors (Lipinski definition) is 6. The minimum atomic E-state index is -1.20. The topological polar surface area (TPSA) is 119 Å². The number of carbonyl (C=O) groups excluding carboxylic acids is 1. The minimum absolute atomic E-state index is 0.140. The second-order valence-electron chi connectivity index (χ2n) is 4.51. The number of nitrogens with zero attached hydrogens (tertiary/aromatic N) is 4. The van der Waals surface area contributed by atoms with E-state index in [1.165, 1.54) is 11.6 Å². The largest absolute Gasteiger partial charge is 0.480 e. The van der Waals surface area contributed by atoms with E-state index in [0.29, 0.717) is 0 Å². The van der Waals surface area contributed by atoms with Crippen LogP contribution in [0.25, 0.3) is 5.78 Å².